The van der Waals surface area contributed by atoms with Crippen LogP contribution in [0.3, 0.4) is 0 Å². The van der Waals surface area contributed by atoms with Crippen molar-refractivity contribution in [2.24, 2.45) is 0 Å². The van der Waals surface area contributed by atoms with Crippen LogP contribution in [-0.2, 0) is 12.4 Å². The lowest BCUT2D eigenvalue weighted by atomic mass is 10.1. The van der Waals surface area contributed by atoms with Crippen molar-refractivity contribution in [3.05, 3.63) is 29.3 Å². The topological polar surface area (TPSA) is 0 Å². The van der Waals surface area contributed by atoms with E-state index in [0.29, 0.717) is 16.9 Å². The highest BCUT2D eigenvalue weighted by Crippen LogP contribution is 2.41. The van der Waals surface area contributed by atoms with E-state index in [2.05, 4.69) is 11.7 Å². The maximum absolute atomic E-state index is 12.4. The zero-order chi connectivity index (χ0) is 12.6. The normalized spacial score (nSPS) is 12.9. The Morgan fingerprint density at radius 3 is 1.88 bits per heavy atom. The van der Waals surface area contributed by atoms with Crippen molar-refractivity contribution in [3.8, 4) is 0 Å². The van der Waals surface area contributed by atoms with E-state index < -0.39 is 23.5 Å². The molecule has 16 heavy (non-hydrogen) atoms. The second kappa shape index (κ2) is 4.40. The SMILES string of the molecule is FC(F)(F)c1ccc(SS)c(C(F)(F)F)c1. The molecule has 0 saturated carbocycles. The summed E-state index contributed by atoms with van der Waals surface area (Å²) in [5.74, 6) is 0. The third kappa shape index (κ3) is 3.00. The number of hydrogen-bond donors (Lipinski definition) is 1. The molecule has 0 atom stereocenters. The molecule has 0 N–H and O–H groups in total. The lowest BCUT2D eigenvalue weighted by Gasteiger charge is -2.14. The predicted octanol–water partition coefficient (Wildman–Crippen LogP) is 4.66. The third-order valence-electron chi connectivity index (χ3n) is 1.71. The largest absolute Gasteiger partial charge is 0.417 e. The highest BCUT2D eigenvalue weighted by atomic mass is 33.1. The minimum atomic E-state index is -4.83. The summed E-state index contributed by atoms with van der Waals surface area (Å²) in [6, 6.07) is 1.43. The van der Waals surface area contributed by atoms with E-state index in [1.54, 1.807) is 0 Å². The van der Waals surface area contributed by atoms with Crippen molar-refractivity contribution in [1.29, 1.82) is 0 Å². The van der Waals surface area contributed by atoms with Crippen LogP contribution in [0.5, 0.6) is 0 Å². The maximum Gasteiger partial charge on any atom is 0.417 e. The molecular weight excluding hydrogens is 274 g/mol. The van der Waals surface area contributed by atoms with Crippen molar-refractivity contribution < 1.29 is 26.3 Å². The molecule has 8 heteroatoms. The van der Waals surface area contributed by atoms with Gasteiger partial charge in [0.25, 0.3) is 0 Å². The summed E-state index contributed by atoms with van der Waals surface area (Å²) in [6.45, 7) is 0. The van der Waals surface area contributed by atoms with E-state index in [9.17, 15) is 26.3 Å². The van der Waals surface area contributed by atoms with Gasteiger partial charge in [0.05, 0.1) is 11.1 Å². The number of hydrogen-bond acceptors (Lipinski definition) is 2. The van der Waals surface area contributed by atoms with Crippen molar-refractivity contribution in [1.82, 2.24) is 0 Å². The van der Waals surface area contributed by atoms with E-state index in [4.69, 9.17) is 0 Å². The van der Waals surface area contributed by atoms with Gasteiger partial charge in [0, 0.05) is 4.90 Å². The molecule has 1 rings (SSSR count). The van der Waals surface area contributed by atoms with E-state index in [0.717, 1.165) is 6.07 Å². The van der Waals surface area contributed by atoms with Crippen molar-refractivity contribution in [2.45, 2.75) is 17.2 Å². The molecule has 1 aromatic carbocycles. The first-order chi connectivity index (χ1) is 7.16. The summed E-state index contributed by atoms with van der Waals surface area (Å²) in [7, 11) is 0.449. The summed E-state index contributed by atoms with van der Waals surface area (Å²) in [5, 5.41) is 0. The Kier molecular flexibility index (Phi) is 3.73. The van der Waals surface area contributed by atoms with Crippen molar-refractivity contribution >= 4 is 22.5 Å². The monoisotopic (exact) mass is 278 g/mol. The fourth-order valence-corrected chi connectivity index (χ4v) is 1.89. The molecule has 0 aliphatic carbocycles. The molecule has 0 spiro atoms. The molecule has 0 amide bonds. The van der Waals surface area contributed by atoms with Crippen LogP contribution in [0.2, 0.25) is 0 Å². The quantitative estimate of drug-likeness (QED) is 0.443. The van der Waals surface area contributed by atoms with Gasteiger partial charge in [0.1, 0.15) is 0 Å². The Hall–Kier alpha value is -0.500. The van der Waals surface area contributed by atoms with E-state index in [-0.39, 0.29) is 11.0 Å². The standard InChI is InChI=1S/C8H4F6S2/c9-7(10,11)4-1-2-6(16-15)5(3-4)8(12,13)14/h1-3,15H. The average molecular weight is 278 g/mol. The Labute approximate surface area is 95.8 Å². The van der Waals surface area contributed by atoms with E-state index in [1.807, 2.05) is 0 Å². The number of benzene rings is 1. The van der Waals surface area contributed by atoms with E-state index in [1.165, 1.54) is 0 Å². The van der Waals surface area contributed by atoms with Gasteiger partial charge in [-0.2, -0.15) is 26.3 Å². The molecule has 0 saturated heterocycles. The van der Waals surface area contributed by atoms with Crippen LogP contribution >= 0.6 is 22.5 Å². The van der Waals surface area contributed by atoms with Crippen LogP contribution in [-0.4, -0.2) is 0 Å². The van der Waals surface area contributed by atoms with Crippen molar-refractivity contribution in [3.63, 3.8) is 0 Å². The zero-order valence-corrected chi connectivity index (χ0v) is 9.07. The zero-order valence-electron chi connectivity index (χ0n) is 7.36. The van der Waals surface area contributed by atoms with Crippen LogP contribution in [0.15, 0.2) is 23.1 Å². The molecule has 0 nitrogen and oxygen atoms in total. The van der Waals surface area contributed by atoms with Gasteiger partial charge >= 0.3 is 12.4 Å². The minimum Gasteiger partial charge on any atom is -0.166 e. The molecule has 0 radical (unpaired) electrons. The molecule has 0 unspecified atom stereocenters. The highest BCUT2D eigenvalue weighted by Gasteiger charge is 2.38. The first-order valence-corrected chi connectivity index (χ1v) is 5.63. The Bertz CT molecular complexity index is 381. The molecule has 90 valence electrons. The maximum atomic E-state index is 12.4. The number of alkyl halides is 6. The van der Waals surface area contributed by atoms with Gasteiger partial charge in [-0.3, -0.25) is 0 Å². The van der Waals surface area contributed by atoms with Crippen LogP contribution in [0.25, 0.3) is 0 Å². The first-order valence-electron chi connectivity index (χ1n) is 3.76. The number of thiol groups is 1. The second-order valence-electron chi connectivity index (χ2n) is 2.80. The molecule has 0 heterocycles. The van der Waals surface area contributed by atoms with Crippen LogP contribution in [0.1, 0.15) is 11.1 Å². The second-order valence-corrected chi connectivity index (χ2v) is 3.97. The summed E-state index contributed by atoms with van der Waals surface area (Å²) < 4.78 is 73.8. The minimum absolute atomic E-state index is 0.0819. The summed E-state index contributed by atoms with van der Waals surface area (Å²) >= 11 is 3.55. The smallest absolute Gasteiger partial charge is 0.166 e. The molecule has 0 aliphatic heterocycles. The average Bonchev–Trinajstić information content (AvgIpc) is 2.14. The molecule has 1 aromatic rings. The van der Waals surface area contributed by atoms with Gasteiger partial charge in [-0.25, -0.2) is 0 Å². The van der Waals surface area contributed by atoms with Gasteiger partial charge in [-0.1, -0.05) is 10.8 Å². The van der Waals surface area contributed by atoms with E-state index >= 15 is 0 Å². The summed E-state index contributed by atoms with van der Waals surface area (Å²) in [4.78, 5) is -0.358. The predicted molar refractivity (Wildman–Crippen MR) is 51.3 cm³/mol. The Balaban J connectivity index is 3.34. The highest BCUT2D eigenvalue weighted by molar-refractivity contribution is 8.68. The molecule has 0 aromatic heterocycles. The molecule has 0 fully saturated rings. The first kappa shape index (κ1) is 13.6. The summed E-state index contributed by atoms with van der Waals surface area (Å²) in [6.07, 6.45) is -9.62. The van der Waals surface area contributed by atoms with Crippen molar-refractivity contribution in [2.75, 3.05) is 0 Å². The van der Waals surface area contributed by atoms with Crippen LogP contribution in [0.4, 0.5) is 26.3 Å². The van der Waals surface area contributed by atoms with Gasteiger partial charge in [0.15, 0.2) is 0 Å². The lowest BCUT2D eigenvalue weighted by Crippen LogP contribution is -2.11. The fourth-order valence-electron chi connectivity index (χ4n) is 1.01. The van der Waals surface area contributed by atoms with Crippen LogP contribution in [0, 0.1) is 0 Å². The number of halogens is 6. The van der Waals surface area contributed by atoms with Gasteiger partial charge < -0.3 is 0 Å². The Morgan fingerprint density at radius 1 is 0.938 bits per heavy atom. The van der Waals surface area contributed by atoms with Crippen LogP contribution < -0.4 is 0 Å². The third-order valence-corrected chi connectivity index (χ3v) is 2.85. The molecular formula is C8H4F6S2. The molecule has 0 bridgehead atoms. The molecule has 0 aliphatic rings. The Morgan fingerprint density at radius 2 is 1.50 bits per heavy atom. The van der Waals surface area contributed by atoms with Gasteiger partial charge in [0.2, 0.25) is 0 Å². The fraction of sp³-hybridized carbons (Fsp3) is 0.250. The summed E-state index contributed by atoms with van der Waals surface area (Å²) in [5.41, 5.74) is -2.66. The van der Waals surface area contributed by atoms with Gasteiger partial charge in [-0.15, -0.1) is 11.7 Å². The lowest BCUT2D eigenvalue weighted by molar-refractivity contribution is -0.144. The van der Waals surface area contributed by atoms with Gasteiger partial charge in [-0.05, 0) is 18.2 Å². The number of rotatable bonds is 1.